The number of nitrogens with zero attached hydrogens (tertiary/aromatic N) is 6. The summed E-state index contributed by atoms with van der Waals surface area (Å²) in [5.74, 6) is -5.34. The lowest BCUT2D eigenvalue weighted by Gasteiger charge is -2.26. The molecule has 0 aliphatic rings. The molecule has 0 heterocycles. The number of carbonyl (C=O) groups is 4. The van der Waals surface area contributed by atoms with Gasteiger partial charge < -0.3 is 30.2 Å². The first-order chi connectivity index (χ1) is 42.6. The van der Waals surface area contributed by atoms with Crippen molar-refractivity contribution < 1.29 is 39.6 Å². The number of anilines is 4. The fourth-order valence-corrected chi connectivity index (χ4v) is 9.43. The van der Waals surface area contributed by atoms with Crippen LogP contribution in [0.15, 0.2) is 217 Å². The molecule has 0 aliphatic carbocycles. The van der Waals surface area contributed by atoms with Gasteiger partial charge in [-0.1, -0.05) is 158 Å². The highest BCUT2D eigenvalue weighted by Crippen LogP contribution is 2.37. The van der Waals surface area contributed by atoms with E-state index in [2.05, 4.69) is 104 Å². The Morgan fingerprint density at radius 2 is 0.523 bits per heavy atom. The normalized spacial score (nSPS) is 11.5. The predicted molar refractivity (Wildman–Crippen MR) is 349 cm³/mol. The van der Waals surface area contributed by atoms with Crippen LogP contribution in [0.3, 0.4) is 0 Å². The van der Waals surface area contributed by atoms with Crippen LogP contribution in [0.2, 0.25) is 0 Å². The van der Waals surface area contributed by atoms with Gasteiger partial charge in [0.25, 0.3) is 22.8 Å². The van der Waals surface area contributed by atoms with Crippen molar-refractivity contribution in [1.82, 2.24) is 0 Å². The Balaban J connectivity index is 1.20. The highest BCUT2D eigenvalue weighted by atomic mass is 16.4. The molecule has 8 rings (SSSR count). The maximum absolute atomic E-state index is 11.6. The van der Waals surface area contributed by atoms with Crippen molar-refractivity contribution in [3.8, 4) is 0 Å². The molecule has 0 aromatic heterocycles. The Bertz CT molecular complexity index is 3910. The van der Waals surface area contributed by atoms with Gasteiger partial charge in [-0.2, -0.15) is 0 Å². The fraction of sp³-hybridized carbons (Fsp3) is 0.0541. The largest absolute Gasteiger partial charge is 0.486 e. The minimum atomic E-state index is -1.33. The van der Waals surface area contributed by atoms with E-state index < -0.39 is 46.7 Å². The van der Waals surface area contributed by atoms with Crippen LogP contribution in [0, 0.1) is 26.3 Å². The van der Waals surface area contributed by atoms with E-state index >= 15 is 0 Å². The number of hydrogen-bond donors (Lipinski definition) is 4. The second-order valence-electron chi connectivity index (χ2n) is 19.6. The molecule has 14 nitrogen and oxygen atoms in total. The second kappa shape index (κ2) is 29.1. The van der Waals surface area contributed by atoms with Crippen molar-refractivity contribution in [3.63, 3.8) is 0 Å². The van der Waals surface area contributed by atoms with Crippen molar-refractivity contribution >= 4 is 106 Å². The van der Waals surface area contributed by atoms with E-state index in [4.69, 9.17) is 26.3 Å². The molecule has 0 spiro atoms. The number of rotatable bonds is 22. The molecule has 0 radical (unpaired) electrons. The van der Waals surface area contributed by atoms with E-state index in [1.807, 2.05) is 109 Å². The Kier molecular flexibility index (Phi) is 20.3. The molecule has 14 heteroatoms. The summed E-state index contributed by atoms with van der Waals surface area (Å²) < 4.78 is 0. The quantitative estimate of drug-likeness (QED) is 0.0291. The summed E-state index contributed by atoms with van der Waals surface area (Å²) in [5.41, 5.74) is 12.3. The Labute approximate surface area is 509 Å². The average molecular weight is 1160 g/mol. The van der Waals surface area contributed by atoms with Crippen LogP contribution in [-0.2, 0) is 19.2 Å². The summed E-state index contributed by atoms with van der Waals surface area (Å²) in [6, 6.07) is 61.1. The van der Waals surface area contributed by atoms with Crippen LogP contribution in [0.5, 0.6) is 0 Å². The van der Waals surface area contributed by atoms with Gasteiger partial charge in [0.15, 0.2) is 0 Å². The van der Waals surface area contributed by atoms with E-state index in [0.717, 1.165) is 85.8 Å². The number of benzene rings is 8. The van der Waals surface area contributed by atoms with Gasteiger partial charge in [0.2, 0.25) is 0 Å². The zero-order valence-electron chi connectivity index (χ0n) is 47.6. The maximum Gasteiger partial charge on any atom is 0.333 e. The lowest BCUT2D eigenvalue weighted by molar-refractivity contribution is -0.133. The van der Waals surface area contributed by atoms with Gasteiger partial charge in [0.05, 0.1) is 26.3 Å². The Morgan fingerprint density at radius 1 is 0.318 bits per heavy atom. The van der Waals surface area contributed by atoms with E-state index in [9.17, 15) is 39.6 Å². The van der Waals surface area contributed by atoms with Crippen LogP contribution in [0.25, 0.3) is 79.1 Å². The third-order valence-electron chi connectivity index (χ3n) is 14.0. The molecule has 88 heavy (non-hydrogen) atoms. The van der Waals surface area contributed by atoms with Crippen molar-refractivity contribution in [1.29, 1.82) is 0 Å². The zero-order chi connectivity index (χ0) is 62.7. The lowest BCUT2D eigenvalue weighted by Crippen LogP contribution is -2.21. The molecule has 0 saturated carbocycles. The summed E-state index contributed by atoms with van der Waals surface area (Å²) in [7, 11) is 0. The van der Waals surface area contributed by atoms with Crippen LogP contribution in [0.4, 0.5) is 22.7 Å². The molecule has 428 valence electrons. The highest BCUT2D eigenvalue weighted by molar-refractivity contribution is 5.98. The number of carboxylic acid groups (broad SMARTS) is 4. The van der Waals surface area contributed by atoms with Gasteiger partial charge >= 0.3 is 23.9 Å². The van der Waals surface area contributed by atoms with Crippen molar-refractivity contribution in [2.24, 2.45) is 0 Å². The van der Waals surface area contributed by atoms with Crippen molar-refractivity contribution in [3.05, 3.63) is 329 Å². The van der Waals surface area contributed by atoms with E-state index in [0.29, 0.717) is 22.3 Å². The number of aliphatic carboxylic acids is 4. The van der Waals surface area contributed by atoms with Crippen molar-refractivity contribution in [2.75, 3.05) is 22.9 Å². The first-order valence-corrected chi connectivity index (χ1v) is 27.4. The van der Waals surface area contributed by atoms with Crippen LogP contribution in [-0.4, -0.2) is 57.4 Å². The van der Waals surface area contributed by atoms with E-state index in [1.54, 1.807) is 48.5 Å². The number of carboxylic acids is 4. The predicted octanol–water partition coefficient (Wildman–Crippen LogP) is 16.7. The Hall–Kier alpha value is -12.6. The number of hydrogen-bond acceptors (Lipinski definition) is 6. The molecule has 0 fully saturated rings. The summed E-state index contributed by atoms with van der Waals surface area (Å²) in [4.78, 5) is 63.5. The molecular formula is C74H54N6O8. The molecule has 0 atom stereocenters. The lowest BCUT2D eigenvalue weighted by atomic mass is 9.94. The average Bonchev–Trinajstić information content (AvgIpc) is 3.00. The van der Waals surface area contributed by atoms with Gasteiger partial charge in [-0.25, -0.2) is 19.4 Å². The van der Waals surface area contributed by atoms with Gasteiger partial charge in [-0.05, 0) is 177 Å². The first-order valence-electron chi connectivity index (χ1n) is 27.4. The second-order valence-corrected chi connectivity index (χ2v) is 19.6. The third-order valence-corrected chi connectivity index (χ3v) is 14.0. The Morgan fingerprint density at radius 3 is 0.739 bits per heavy atom. The van der Waals surface area contributed by atoms with Crippen LogP contribution >= 0.6 is 0 Å². The highest BCUT2D eigenvalue weighted by Gasteiger charge is 2.17. The fourth-order valence-electron chi connectivity index (χ4n) is 9.43. The van der Waals surface area contributed by atoms with Crippen LogP contribution in [0.1, 0.15) is 80.6 Å². The molecule has 0 saturated heterocycles. The molecule has 0 amide bonds. The molecule has 0 bridgehead atoms. The zero-order valence-corrected chi connectivity index (χ0v) is 47.6. The van der Waals surface area contributed by atoms with Gasteiger partial charge in [0, 0.05) is 35.8 Å². The van der Waals surface area contributed by atoms with E-state index in [-0.39, 0.29) is 0 Å². The molecule has 0 unspecified atom stereocenters. The molecule has 4 N–H and O–H groups in total. The summed E-state index contributed by atoms with van der Waals surface area (Å²) in [5, 5.41) is 38.0. The summed E-state index contributed by atoms with van der Waals surface area (Å²) >= 11 is 0. The van der Waals surface area contributed by atoms with Gasteiger partial charge in [-0.15, -0.1) is 0 Å². The maximum atomic E-state index is 11.6. The molecule has 8 aromatic rings. The van der Waals surface area contributed by atoms with Gasteiger partial charge in [0.1, 0.15) is 0 Å². The first kappa shape index (κ1) is 61.5. The third kappa shape index (κ3) is 15.7. The summed E-state index contributed by atoms with van der Waals surface area (Å²) in [6.45, 7) is 35.4. The van der Waals surface area contributed by atoms with Crippen LogP contribution < -0.4 is 9.80 Å². The monoisotopic (exact) mass is 1150 g/mol. The molecule has 8 aromatic carbocycles. The molecule has 0 aliphatic heterocycles. The summed E-state index contributed by atoms with van der Waals surface area (Å²) in [6.07, 6.45) is 13.3. The molecular weight excluding hydrogens is 1100 g/mol. The topological polar surface area (TPSA) is 173 Å². The smallest absolute Gasteiger partial charge is 0.333 e. The van der Waals surface area contributed by atoms with E-state index in [1.165, 1.54) is 30.0 Å². The SMILES string of the molecule is [C-]#[N+]C(=Cc1ccc(C(=Cc2ccc(N(c3ccc(C=Cc4ccc(N(CC)CC)cc4)cc3)c3ccc(C=C(c4ccc(C=C([N+]#[C-])C(=O)O)cc4)c4ccc(C=C([N+]#[C-])C(=O)O)cc4)cc3)cc2)c2ccc(C=C([N+]#[C-])C(=O)O)cc2)cc1)C(=O)O. The minimum absolute atomic E-state index is 0.429. The van der Waals surface area contributed by atoms with Crippen molar-refractivity contribution in [2.45, 2.75) is 13.8 Å². The minimum Gasteiger partial charge on any atom is -0.486 e. The van der Waals surface area contributed by atoms with Gasteiger partial charge in [-0.3, -0.25) is 19.2 Å². The standard InChI is InChI=1S/C74H54N6O8/c1-7-79(8-2)61-35-19-49(20-36-61)9-10-50-21-37-62(38-22-50)80(63-39-23-51(24-40-63)43-65(57-27-11-53(12-28-57)45-67(75-3)71(81)82)58-29-13-54(14-30-58)46-68(76-4)72(83)84)64-41-25-52(26-42-64)44-66(59-31-15-55(16-32-59)47-69(77-5)73(85)86)60-33-17-56(18-34-60)48-70(78-6)74(87)88/h9-48H,7-8H2,1-2H3,(H,81,82)(H,83,84)(H,85,86)(H,87,88).